The molecular weight excluding hydrogens is 1430 g/mol. The number of carbonyl (C=O) groups is 2. The molecule has 4 aliphatic carbocycles. The average Bonchev–Trinajstić information content (AvgIpc) is 1.71. The van der Waals surface area contributed by atoms with Crippen molar-refractivity contribution < 1.29 is 51.2 Å². The Hall–Kier alpha value is -6.53. The van der Waals surface area contributed by atoms with Gasteiger partial charge in [-0.05, 0) is 111 Å². The largest absolute Gasteiger partial charge is 0.495 e. The number of alkyl halides is 3. The van der Waals surface area contributed by atoms with Crippen molar-refractivity contribution in [3.8, 4) is 34.5 Å². The van der Waals surface area contributed by atoms with Gasteiger partial charge in [0.1, 0.15) is 40.3 Å². The molecule has 8 atom stereocenters. The van der Waals surface area contributed by atoms with Gasteiger partial charge < -0.3 is 44.8 Å². The average molecular weight is 1520 g/mol. The normalized spacial score (nSPS) is 20.5. The molecule has 4 saturated carbocycles. The van der Waals surface area contributed by atoms with Gasteiger partial charge in [-0.25, -0.2) is 0 Å². The van der Waals surface area contributed by atoms with Crippen LogP contribution in [0.25, 0.3) is 0 Å². The molecule has 0 spiro atoms. The van der Waals surface area contributed by atoms with Gasteiger partial charge in [-0.15, -0.1) is 0 Å². The highest BCUT2D eigenvalue weighted by atomic mass is 35.5. The zero-order chi connectivity index (χ0) is 73.1. The van der Waals surface area contributed by atoms with Crippen molar-refractivity contribution in [2.45, 2.75) is 197 Å². The van der Waals surface area contributed by atoms with E-state index in [1.165, 1.54) is 70.9 Å². The number of Topliss-reactive ketones (excluding diaryl/α,β-unsaturated/α-hetero) is 1. The van der Waals surface area contributed by atoms with Gasteiger partial charge in [0.15, 0.2) is 0 Å². The Morgan fingerprint density at radius 2 is 0.881 bits per heavy atom. The van der Waals surface area contributed by atoms with Gasteiger partial charge in [-0.1, -0.05) is 154 Å². The lowest BCUT2D eigenvalue weighted by molar-refractivity contribution is -0.170. The molecule has 4 heterocycles. The number of benzene rings is 3. The van der Waals surface area contributed by atoms with Crippen LogP contribution in [0.5, 0.6) is 34.5 Å². The van der Waals surface area contributed by atoms with E-state index in [0.29, 0.717) is 125 Å². The summed E-state index contributed by atoms with van der Waals surface area (Å²) in [5.74, 6) is 4.58. The van der Waals surface area contributed by atoms with E-state index in [9.17, 15) is 22.8 Å². The number of nitrogens with one attached hydrogen (secondary N) is 6. The van der Waals surface area contributed by atoms with E-state index in [1.54, 1.807) is 52.7 Å². The Bertz CT molecular complexity index is 3650. The molecule has 11 rings (SSSR count). The van der Waals surface area contributed by atoms with Crippen molar-refractivity contribution in [1.29, 1.82) is 0 Å². The first-order valence-corrected chi connectivity index (χ1v) is 36.7. The smallest absolute Gasteiger partial charge is 0.450 e. The van der Waals surface area contributed by atoms with Crippen LogP contribution in [0.3, 0.4) is 0 Å². The van der Waals surface area contributed by atoms with E-state index in [4.69, 9.17) is 104 Å². The number of halogens is 9. The van der Waals surface area contributed by atoms with Crippen molar-refractivity contribution in [3.63, 3.8) is 0 Å². The van der Waals surface area contributed by atoms with E-state index in [2.05, 4.69) is 84.0 Å². The molecule has 0 radical (unpaired) electrons. The maximum Gasteiger partial charge on any atom is 0.450 e. The number of nitrogens with two attached hydrogens (primary N) is 1. The van der Waals surface area contributed by atoms with Gasteiger partial charge in [0.05, 0.1) is 96.3 Å². The molecule has 28 heteroatoms. The summed E-state index contributed by atoms with van der Waals surface area (Å²) in [5.41, 5.74) is 15.0. The van der Waals surface area contributed by atoms with E-state index >= 15 is 0 Å². The predicted octanol–water partition coefficient (Wildman–Crippen LogP) is 18.4. The van der Waals surface area contributed by atoms with Crippen LogP contribution in [-0.2, 0) is 48.2 Å². The molecule has 4 aliphatic rings. The number of ketones is 1. The minimum absolute atomic E-state index is 0.0593. The number of H-pyrrole nitrogens is 4. The fraction of sp³-hybridized carbons (Fsp3) is 0.534. The monoisotopic (exact) mass is 1520 g/mol. The minimum Gasteiger partial charge on any atom is -0.495 e. The number of anilines is 1. The van der Waals surface area contributed by atoms with Crippen molar-refractivity contribution in [2.24, 2.45) is 17.6 Å². The summed E-state index contributed by atoms with van der Waals surface area (Å²) in [6, 6.07) is 13.2. The Morgan fingerprint density at radius 3 is 1.30 bits per heavy atom. The zero-order valence-electron chi connectivity index (χ0n) is 58.5. The number of carbonyl (C=O) groups excluding carboxylic acids is 2. The molecule has 1 amide bonds. The first-order chi connectivity index (χ1) is 48.4. The Kier molecular flexibility index (Phi) is 30.4. The summed E-state index contributed by atoms with van der Waals surface area (Å²) in [6.45, 7) is 8.35. The number of amides is 1. The Labute approximate surface area is 619 Å². The third-order valence-corrected chi connectivity index (χ3v) is 22.3. The summed E-state index contributed by atoms with van der Waals surface area (Å²) >= 11 is 38.7. The first kappa shape index (κ1) is 80.2. The third kappa shape index (κ3) is 21.1. The van der Waals surface area contributed by atoms with Crippen LogP contribution in [0, 0.1) is 11.8 Å². The molecule has 0 unspecified atom stereocenters. The number of aryl methyl sites for hydroxylation is 2. The number of nitrogens with zero attached hydrogens (tertiary/aromatic N) is 4. The van der Waals surface area contributed by atoms with E-state index < -0.39 is 18.4 Å². The number of rotatable bonds is 23. The fourth-order valence-corrected chi connectivity index (χ4v) is 16.0. The number of ether oxygens (including phenoxy) is 6. The molecule has 101 heavy (non-hydrogen) atoms. The predicted molar refractivity (Wildman–Crippen MR) is 393 cm³/mol. The first-order valence-electron chi connectivity index (χ1n) is 34.4. The fourth-order valence-electron chi connectivity index (χ4n) is 14.0. The number of hydrogen-bond acceptors (Lipinski definition) is 14. The van der Waals surface area contributed by atoms with Crippen molar-refractivity contribution >= 4 is 87.1 Å². The molecule has 0 bridgehead atoms. The van der Waals surface area contributed by atoms with E-state index in [0.717, 1.165) is 110 Å². The quantitative estimate of drug-likeness (QED) is 0.0294. The minimum atomic E-state index is -4.77. The second kappa shape index (κ2) is 38.3. The second-order valence-electron chi connectivity index (χ2n) is 26.3. The number of aromatic amines is 4. The highest BCUT2D eigenvalue weighted by molar-refractivity contribution is 6.39. The maximum atomic E-state index is 12.2. The van der Waals surface area contributed by atoms with Crippen molar-refractivity contribution in [3.05, 3.63) is 142 Å². The molecule has 0 aliphatic heterocycles. The van der Waals surface area contributed by atoms with Gasteiger partial charge in [0, 0.05) is 94.9 Å². The Balaban J connectivity index is 0.000000173. The van der Waals surface area contributed by atoms with Crippen LogP contribution in [0.2, 0.25) is 30.1 Å². The molecule has 552 valence electrons. The lowest BCUT2D eigenvalue weighted by Gasteiger charge is -2.31. The standard InChI is InChI=1S/C21H26Cl2N4O3.C20H26Cl2N2O2.C19H25Cl2N3O2.C13H17F3N2O/c1-4-19(28)25-14-8-6-5-7-12(14)15-9-18(27-26-15)24-11-13-20(22)16(29-2)10-17(30-3)21(13)23;1-12-6-4-5-7-14(12)16-10-13(23-24-16)8-9-15-19(21)17(25-2)11-18(26-3)20(15)22;1-25-16-10-17(26-2)19(21)13(18(16)20)8-7-11-9-15(24-23-11)12-5-3-4-6-14(12)22;1-8-4-2-3-5-10(8)11-6-9(17-18-11)7-12(19)13(14,15)16/h4,9-10,12,14H,1,5-8,11H2,2-3H3,(H,25,28)(H2,24,26,27);10-12,14H,4-9H2,1-3H3,(H,23,24);9-10,12,14H,3-8,22H2,1-2H3,(H,23,24);6,8,10H,2-5,7H2,1H3,(H,17,18)/t3*12-,14-;8-,10-/m1111/s1. The molecular formula is C73H94Cl6F3N11O8. The molecule has 3 aromatic carbocycles. The summed E-state index contributed by atoms with van der Waals surface area (Å²) in [4.78, 5) is 22.7. The Morgan fingerprint density at radius 1 is 0.505 bits per heavy atom. The maximum absolute atomic E-state index is 12.2. The number of methoxy groups -OCH3 is 6. The summed E-state index contributed by atoms with van der Waals surface area (Å²) < 4.78 is 68.5. The lowest BCUT2D eigenvalue weighted by Crippen LogP contribution is -2.40. The highest BCUT2D eigenvalue weighted by Gasteiger charge is 2.39. The zero-order valence-corrected chi connectivity index (χ0v) is 63.1. The SMILES string of the molecule is C=CC(=O)N[C@@H]1CCCC[C@H]1c1cc(NCc2c(Cl)c(OC)cc(OC)c2Cl)n[nH]1.COc1cc(OC)c(Cl)c(CCc2cc([C@@H]3CCCC[C@H]3C)n[nH]2)c1Cl.COc1cc(OC)c(Cl)c(CCc2cc([C@@H]3CCCC[C@H]3N)n[nH]2)c1Cl.C[C@@H]1CCCC[C@H]1c1cc(CC(=O)C(F)(F)F)[nH]n1. The highest BCUT2D eigenvalue weighted by Crippen LogP contribution is 2.45. The lowest BCUT2D eigenvalue weighted by atomic mass is 9.78. The van der Waals surface area contributed by atoms with Gasteiger partial charge in [-0.3, -0.25) is 30.0 Å². The van der Waals surface area contributed by atoms with Gasteiger partial charge in [-0.2, -0.15) is 33.6 Å². The van der Waals surface area contributed by atoms with Gasteiger partial charge in [0.2, 0.25) is 11.7 Å². The van der Waals surface area contributed by atoms with Gasteiger partial charge in [0.25, 0.3) is 0 Å². The van der Waals surface area contributed by atoms with Crippen LogP contribution >= 0.6 is 69.6 Å². The number of hydrogen-bond donors (Lipinski definition) is 7. The molecule has 7 aromatic rings. The number of aromatic nitrogens is 8. The second-order valence-corrected chi connectivity index (χ2v) is 28.5. The van der Waals surface area contributed by atoms with Crippen LogP contribution in [-0.4, -0.2) is 113 Å². The van der Waals surface area contributed by atoms with Crippen molar-refractivity contribution in [2.75, 3.05) is 48.0 Å². The van der Waals surface area contributed by atoms with Crippen LogP contribution in [0.1, 0.15) is 197 Å². The topological polar surface area (TPSA) is 254 Å². The van der Waals surface area contributed by atoms with Crippen LogP contribution < -0.4 is 44.8 Å². The van der Waals surface area contributed by atoms with Gasteiger partial charge >= 0.3 is 6.18 Å². The summed E-state index contributed by atoms with van der Waals surface area (Å²) in [6.07, 6.45) is 17.1. The molecule has 0 saturated heterocycles. The summed E-state index contributed by atoms with van der Waals surface area (Å²) in [7, 11) is 9.41. The molecule has 4 aromatic heterocycles. The molecule has 4 fully saturated rings. The third-order valence-electron chi connectivity index (χ3n) is 19.8. The van der Waals surface area contributed by atoms with E-state index in [-0.39, 0.29) is 29.6 Å². The molecule has 19 nitrogen and oxygen atoms in total. The van der Waals surface area contributed by atoms with Crippen LogP contribution in [0.4, 0.5) is 19.0 Å². The molecule has 8 N–H and O–H groups in total. The summed E-state index contributed by atoms with van der Waals surface area (Å²) in [5, 5.41) is 38.8. The van der Waals surface area contributed by atoms with Crippen LogP contribution in [0.15, 0.2) is 55.1 Å². The van der Waals surface area contributed by atoms with Crippen molar-refractivity contribution in [1.82, 2.24) is 46.1 Å². The van der Waals surface area contributed by atoms with E-state index in [1.807, 2.05) is 6.07 Å².